The summed E-state index contributed by atoms with van der Waals surface area (Å²) in [5, 5.41) is 3.01. The third-order valence-electron chi connectivity index (χ3n) is 13.2. The van der Waals surface area contributed by atoms with Crippen molar-refractivity contribution < 1.29 is 37.3 Å². The van der Waals surface area contributed by atoms with Crippen molar-refractivity contribution in [1.29, 1.82) is 0 Å². The van der Waals surface area contributed by atoms with Crippen LogP contribution in [0, 0.1) is 0 Å². The van der Waals surface area contributed by atoms with Crippen LogP contribution in [0.15, 0.2) is 60.8 Å². The molecule has 9 nitrogen and oxygen atoms in total. The number of amides is 1. The van der Waals surface area contributed by atoms with Gasteiger partial charge in [0.15, 0.2) is 0 Å². The first kappa shape index (κ1) is 69.7. The highest BCUT2D eigenvalue weighted by atomic mass is 31.2. The van der Waals surface area contributed by atoms with Gasteiger partial charge in [-0.2, -0.15) is 0 Å². The minimum absolute atomic E-state index is 0.0280. The Morgan fingerprint density at radius 1 is 0.500 bits per heavy atom. The summed E-state index contributed by atoms with van der Waals surface area (Å²) in [5.41, 5.74) is 0. The van der Waals surface area contributed by atoms with Crippen molar-refractivity contribution in [3.8, 4) is 0 Å². The summed E-state index contributed by atoms with van der Waals surface area (Å²) in [6, 6.07) is -0.900. The molecule has 0 fully saturated rings. The van der Waals surface area contributed by atoms with Crippen LogP contribution >= 0.6 is 7.82 Å². The topological polar surface area (TPSA) is 114 Å². The second-order valence-electron chi connectivity index (χ2n) is 21.5. The molecule has 0 aromatic heterocycles. The van der Waals surface area contributed by atoms with Gasteiger partial charge >= 0.3 is 5.97 Å². The summed E-state index contributed by atoms with van der Waals surface area (Å²) < 4.78 is 30.2. The van der Waals surface area contributed by atoms with Gasteiger partial charge in [-0.25, -0.2) is 0 Å². The molecule has 0 spiro atoms. The SMILES string of the molecule is CC/C=C/C/C=C/C/C=C/CCCCCCC(=O)NC(COP(=O)([O-])OCC[N+](C)(C)C)C(/C=C\CCCCCCCCCCC)OC(=O)CCCCCCCCCCCCC/C=C/CCCCCCCC. The van der Waals surface area contributed by atoms with Gasteiger partial charge in [-0.05, 0) is 89.5 Å². The van der Waals surface area contributed by atoms with E-state index in [1.54, 1.807) is 0 Å². The second-order valence-corrected chi connectivity index (χ2v) is 22.9. The lowest BCUT2D eigenvalue weighted by atomic mass is 10.0. The molecule has 420 valence electrons. The zero-order valence-electron chi connectivity index (χ0n) is 47.9. The monoisotopic (exact) mass is 1030 g/mol. The Morgan fingerprint density at radius 3 is 1.35 bits per heavy atom. The number of nitrogens with zero attached hydrogens (tertiary/aromatic N) is 1. The van der Waals surface area contributed by atoms with Crippen LogP contribution in [0.25, 0.3) is 0 Å². The Morgan fingerprint density at radius 2 is 0.889 bits per heavy atom. The Kier molecular flexibility index (Phi) is 50.5. The number of carbonyl (C=O) groups excluding carboxylic acids is 2. The molecule has 0 aliphatic heterocycles. The largest absolute Gasteiger partial charge is 0.756 e. The lowest BCUT2D eigenvalue weighted by Crippen LogP contribution is -2.47. The van der Waals surface area contributed by atoms with Crippen molar-refractivity contribution in [2.75, 3.05) is 40.9 Å². The molecule has 3 unspecified atom stereocenters. The van der Waals surface area contributed by atoms with Gasteiger partial charge in [-0.3, -0.25) is 14.2 Å². The molecule has 1 amide bonds. The van der Waals surface area contributed by atoms with Gasteiger partial charge in [-0.15, -0.1) is 0 Å². The molecule has 0 heterocycles. The highest BCUT2D eigenvalue weighted by Crippen LogP contribution is 2.38. The number of rotatable bonds is 54. The number of quaternary nitrogens is 1. The van der Waals surface area contributed by atoms with Crippen LogP contribution < -0.4 is 10.2 Å². The standard InChI is InChI=1S/C62H115N2O7P/c1-7-10-13-16-19-22-25-27-29-30-31-32-33-34-35-37-40-43-46-49-52-55-62(66)71-60(53-50-47-44-41-38-24-21-18-15-12-9-3)59(58-70-72(67,68)69-57-56-64(4,5)6)63-61(65)54-51-48-45-42-39-36-28-26-23-20-17-14-11-8-2/h11,14,20,23,27-29,36,50,53,59-60H,7-10,12-13,15-19,21-22,24-26,30-35,37-49,51-52,54-58H2,1-6H3,(H-,63,65,67,68)/b14-11+,23-20+,29-27+,36-28+,53-50-. The molecule has 0 radical (unpaired) electrons. The number of allylic oxidation sites excluding steroid dienone is 9. The van der Waals surface area contributed by atoms with E-state index in [1.807, 2.05) is 33.3 Å². The first-order valence-electron chi connectivity index (χ1n) is 30.1. The first-order chi connectivity index (χ1) is 34.9. The Bertz CT molecular complexity index is 1420. The van der Waals surface area contributed by atoms with Crippen molar-refractivity contribution in [3.63, 3.8) is 0 Å². The third kappa shape index (κ3) is 52.6. The van der Waals surface area contributed by atoms with E-state index in [4.69, 9.17) is 13.8 Å². The summed E-state index contributed by atoms with van der Waals surface area (Å²) in [7, 11) is 1.17. The number of phosphoric ester groups is 1. The Labute approximate surface area is 445 Å². The Balaban J connectivity index is 5.21. The summed E-state index contributed by atoms with van der Waals surface area (Å²) in [4.78, 5) is 39.9. The lowest BCUT2D eigenvalue weighted by Gasteiger charge is -2.30. The van der Waals surface area contributed by atoms with E-state index in [2.05, 4.69) is 74.7 Å². The number of likely N-dealkylation sites (N-methyl/N-ethyl adjacent to an activating group) is 1. The van der Waals surface area contributed by atoms with Crippen molar-refractivity contribution in [3.05, 3.63) is 60.8 Å². The molecule has 3 atom stereocenters. The van der Waals surface area contributed by atoms with Crippen molar-refractivity contribution in [1.82, 2.24) is 5.32 Å². The van der Waals surface area contributed by atoms with E-state index >= 15 is 0 Å². The number of ether oxygens (including phenoxy) is 1. The van der Waals surface area contributed by atoms with Crippen molar-refractivity contribution in [2.24, 2.45) is 0 Å². The van der Waals surface area contributed by atoms with Crippen molar-refractivity contribution >= 4 is 19.7 Å². The number of hydrogen-bond donors (Lipinski definition) is 1. The lowest BCUT2D eigenvalue weighted by molar-refractivity contribution is -0.870. The molecule has 0 saturated carbocycles. The van der Waals surface area contributed by atoms with Crippen LogP contribution in [-0.2, 0) is 27.9 Å². The molecule has 0 saturated heterocycles. The van der Waals surface area contributed by atoms with Crippen molar-refractivity contribution in [2.45, 2.75) is 283 Å². The fourth-order valence-corrected chi connectivity index (χ4v) is 9.25. The molecule has 0 aromatic carbocycles. The highest BCUT2D eigenvalue weighted by molar-refractivity contribution is 7.45. The van der Waals surface area contributed by atoms with Gasteiger partial charge in [0.05, 0.1) is 33.8 Å². The molecule has 0 bridgehead atoms. The van der Waals surface area contributed by atoms with Gasteiger partial charge in [-0.1, -0.05) is 230 Å². The number of nitrogens with one attached hydrogen (secondary N) is 1. The maximum Gasteiger partial charge on any atom is 0.306 e. The summed E-state index contributed by atoms with van der Waals surface area (Å²) in [5.74, 6) is -0.565. The normalized spacial score (nSPS) is 14.2. The molecule has 0 aromatic rings. The summed E-state index contributed by atoms with van der Waals surface area (Å²) >= 11 is 0. The number of hydrogen-bond acceptors (Lipinski definition) is 7. The molecule has 10 heteroatoms. The molecule has 0 aliphatic carbocycles. The molecule has 1 N–H and O–H groups in total. The molecule has 72 heavy (non-hydrogen) atoms. The third-order valence-corrected chi connectivity index (χ3v) is 14.1. The van der Waals surface area contributed by atoms with Gasteiger partial charge in [0, 0.05) is 12.8 Å². The van der Waals surface area contributed by atoms with Gasteiger partial charge in [0.25, 0.3) is 7.82 Å². The predicted molar refractivity (Wildman–Crippen MR) is 307 cm³/mol. The minimum atomic E-state index is -4.70. The van der Waals surface area contributed by atoms with E-state index in [0.717, 1.165) is 83.5 Å². The van der Waals surface area contributed by atoms with E-state index in [9.17, 15) is 19.0 Å². The zero-order chi connectivity index (χ0) is 52.9. The first-order valence-corrected chi connectivity index (χ1v) is 31.6. The van der Waals surface area contributed by atoms with E-state index < -0.39 is 26.6 Å². The van der Waals surface area contributed by atoms with Crippen LogP contribution in [0.1, 0.15) is 271 Å². The van der Waals surface area contributed by atoms with Crippen LogP contribution in [0.3, 0.4) is 0 Å². The predicted octanol–water partition coefficient (Wildman–Crippen LogP) is 17.6. The number of carbonyl (C=O) groups is 2. The molecular weight excluding hydrogens is 916 g/mol. The van der Waals surface area contributed by atoms with Crippen LogP contribution in [0.4, 0.5) is 0 Å². The summed E-state index contributed by atoms with van der Waals surface area (Å²) in [6.45, 7) is 6.71. The molecular formula is C62H115N2O7P. The quantitative estimate of drug-likeness (QED) is 0.0212. The van der Waals surface area contributed by atoms with E-state index in [-0.39, 0.29) is 24.9 Å². The number of phosphoric acid groups is 1. The maximum absolute atomic E-state index is 13.5. The molecule has 0 aliphatic rings. The smallest absolute Gasteiger partial charge is 0.306 e. The van der Waals surface area contributed by atoms with Gasteiger partial charge in [0.2, 0.25) is 5.91 Å². The average molecular weight is 1030 g/mol. The minimum Gasteiger partial charge on any atom is -0.756 e. The second kappa shape index (κ2) is 52.2. The zero-order valence-corrected chi connectivity index (χ0v) is 48.8. The van der Waals surface area contributed by atoms with E-state index in [0.29, 0.717) is 23.9 Å². The fraction of sp³-hybridized carbons (Fsp3) is 0.806. The Hall–Kier alpha value is -2.29. The van der Waals surface area contributed by atoms with Crippen LogP contribution in [0.2, 0.25) is 0 Å². The fourth-order valence-electron chi connectivity index (χ4n) is 8.53. The van der Waals surface area contributed by atoms with Gasteiger partial charge < -0.3 is 28.5 Å². The number of esters is 1. The van der Waals surface area contributed by atoms with Crippen LogP contribution in [0.5, 0.6) is 0 Å². The summed E-state index contributed by atoms with van der Waals surface area (Å²) in [6.07, 6.45) is 64.8. The maximum atomic E-state index is 13.5. The average Bonchev–Trinajstić information content (AvgIpc) is 3.34. The van der Waals surface area contributed by atoms with Crippen LogP contribution in [-0.4, -0.2) is 69.4 Å². The van der Waals surface area contributed by atoms with Gasteiger partial charge in [0.1, 0.15) is 19.3 Å². The highest BCUT2D eigenvalue weighted by Gasteiger charge is 2.27. The number of unbranched alkanes of at least 4 members (excludes halogenated alkanes) is 30. The molecule has 0 rings (SSSR count). The van der Waals surface area contributed by atoms with E-state index in [1.165, 1.54) is 148 Å².